The number of hydrogen-bond donors (Lipinski definition) is 2. The average molecular weight is 573 g/mol. The van der Waals surface area contributed by atoms with Crippen LogP contribution >= 0.6 is 0 Å². The van der Waals surface area contributed by atoms with E-state index >= 15 is 0 Å². The highest BCUT2D eigenvalue weighted by Crippen LogP contribution is 2.63. The molecule has 1 saturated heterocycles. The van der Waals surface area contributed by atoms with Gasteiger partial charge in [0.05, 0.1) is 22.2 Å². The van der Waals surface area contributed by atoms with E-state index in [-0.39, 0.29) is 11.4 Å². The smallest absolute Gasteiger partial charge is 0.293 e. The van der Waals surface area contributed by atoms with Crippen LogP contribution in [0.1, 0.15) is 39.8 Å². The number of benzene rings is 4. The molecule has 0 saturated carbocycles. The maximum atomic E-state index is 14.4. The van der Waals surface area contributed by atoms with Crippen molar-refractivity contribution in [2.45, 2.75) is 17.4 Å². The number of hydrazone groups is 1. The fraction of sp³-hybridized carbons (Fsp3) is 0.152. The SMILES string of the molecule is O=C(N/N=C\C12c3ccccc3C(c3ccccc31)[C@@H]1C(=O)N(c3ccccc3[N+](=O)[O-])C(=O)[C@@H]12)[C@H](O)c1ccccc1. The Morgan fingerprint density at radius 2 is 1.47 bits per heavy atom. The van der Waals surface area contributed by atoms with Gasteiger partial charge in [-0.3, -0.25) is 24.5 Å². The lowest BCUT2D eigenvalue weighted by Crippen LogP contribution is -2.54. The van der Waals surface area contributed by atoms with Crippen molar-refractivity contribution in [3.05, 3.63) is 141 Å². The van der Waals surface area contributed by atoms with Gasteiger partial charge in [0, 0.05) is 18.2 Å². The Morgan fingerprint density at radius 1 is 0.884 bits per heavy atom. The molecule has 3 atom stereocenters. The molecule has 8 rings (SSSR count). The first-order chi connectivity index (χ1) is 20.9. The molecule has 1 aliphatic heterocycles. The zero-order valence-corrected chi connectivity index (χ0v) is 22.5. The van der Waals surface area contributed by atoms with Crippen LogP contribution in [-0.4, -0.2) is 34.0 Å². The number of carbonyl (C=O) groups excluding carboxylic acids is 3. The molecule has 43 heavy (non-hydrogen) atoms. The molecule has 0 unspecified atom stereocenters. The number of hydrogen-bond acceptors (Lipinski definition) is 7. The highest BCUT2D eigenvalue weighted by atomic mass is 16.6. The van der Waals surface area contributed by atoms with E-state index in [1.165, 1.54) is 24.4 Å². The minimum Gasteiger partial charge on any atom is -0.378 e. The molecule has 0 spiro atoms. The Morgan fingerprint density at radius 3 is 2.12 bits per heavy atom. The second kappa shape index (κ2) is 9.81. The molecule has 2 bridgehead atoms. The number of rotatable bonds is 6. The minimum absolute atomic E-state index is 0.0872. The molecule has 4 aliphatic rings. The van der Waals surface area contributed by atoms with Crippen LogP contribution in [0.4, 0.5) is 11.4 Å². The summed E-state index contributed by atoms with van der Waals surface area (Å²) >= 11 is 0. The number of carbonyl (C=O) groups is 3. The van der Waals surface area contributed by atoms with Crippen LogP contribution in [0.2, 0.25) is 0 Å². The minimum atomic E-state index is -1.48. The van der Waals surface area contributed by atoms with E-state index in [9.17, 15) is 29.6 Å². The molecule has 3 amide bonds. The van der Waals surface area contributed by atoms with E-state index < -0.39 is 51.9 Å². The molecule has 1 fully saturated rings. The van der Waals surface area contributed by atoms with E-state index in [1.807, 2.05) is 48.5 Å². The zero-order chi connectivity index (χ0) is 29.9. The summed E-state index contributed by atoms with van der Waals surface area (Å²) in [6, 6.07) is 29.1. The van der Waals surface area contributed by atoms with Crippen molar-refractivity contribution in [2.24, 2.45) is 16.9 Å². The van der Waals surface area contributed by atoms with Crippen molar-refractivity contribution in [3.63, 3.8) is 0 Å². The molecule has 4 aromatic carbocycles. The second-order valence-corrected chi connectivity index (χ2v) is 10.8. The number of anilines is 1. The van der Waals surface area contributed by atoms with Crippen molar-refractivity contribution < 1.29 is 24.4 Å². The summed E-state index contributed by atoms with van der Waals surface area (Å²) < 4.78 is 0. The van der Waals surface area contributed by atoms with Crippen molar-refractivity contribution in [1.82, 2.24) is 5.43 Å². The summed E-state index contributed by atoms with van der Waals surface area (Å²) in [6.45, 7) is 0. The predicted molar refractivity (Wildman–Crippen MR) is 156 cm³/mol. The first-order valence-electron chi connectivity index (χ1n) is 13.7. The van der Waals surface area contributed by atoms with Crippen molar-refractivity contribution in [1.29, 1.82) is 0 Å². The topological polar surface area (TPSA) is 142 Å². The summed E-state index contributed by atoms with van der Waals surface area (Å²) in [5.74, 6) is -4.20. The van der Waals surface area contributed by atoms with Gasteiger partial charge in [0.2, 0.25) is 11.8 Å². The Kier molecular flexibility index (Phi) is 6.03. The third-order valence-electron chi connectivity index (χ3n) is 8.81. The summed E-state index contributed by atoms with van der Waals surface area (Å²) in [7, 11) is 0. The van der Waals surface area contributed by atoms with Gasteiger partial charge in [0.25, 0.3) is 11.6 Å². The fourth-order valence-electron chi connectivity index (χ4n) is 7.14. The number of amides is 3. The highest BCUT2D eigenvalue weighted by Gasteiger charge is 2.68. The molecule has 1 heterocycles. The Balaban J connectivity index is 1.38. The summed E-state index contributed by atoms with van der Waals surface area (Å²) in [6.07, 6.45) is -0.00408. The van der Waals surface area contributed by atoms with Gasteiger partial charge >= 0.3 is 0 Å². The number of aliphatic hydroxyl groups excluding tert-OH is 1. The van der Waals surface area contributed by atoms with E-state index in [0.29, 0.717) is 5.56 Å². The highest BCUT2D eigenvalue weighted by molar-refractivity contribution is 6.25. The van der Waals surface area contributed by atoms with Gasteiger partial charge in [-0.15, -0.1) is 0 Å². The van der Waals surface area contributed by atoms with Crippen molar-refractivity contribution in [2.75, 3.05) is 4.90 Å². The maximum absolute atomic E-state index is 14.4. The molecule has 0 aromatic heterocycles. The Labute approximate surface area is 245 Å². The van der Waals surface area contributed by atoms with Gasteiger partial charge < -0.3 is 5.11 Å². The number of nitro groups is 1. The molecule has 10 nitrogen and oxygen atoms in total. The lowest BCUT2D eigenvalue weighted by atomic mass is 9.47. The van der Waals surface area contributed by atoms with Crippen LogP contribution in [0, 0.1) is 22.0 Å². The third-order valence-corrected chi connectivity index (χ3v) is 8.81. The number of imide groups is 1. The number of nitrogens with one attached hydrogen (secondary N) is 1. The van der Waals surface area contributed by atoms with Crippen molar-refractivity contribution >= 4 is 35.3 Å². The lowest BCUT2D eigenvalue weighted by molar-refractivity contribution is -0.384. The molecular weight excluding hydrogens is 548 g/mol. The van der Waals surface area contributed by atoms with Crippen LogP contribution < -0.4 is 10.3 Å². The predicted octanol–water partition coefficient (Wildman–Crippen LogP) is 3.98. The number of para-hydroxylation sites is 2. The van der Waals surface area contributed by atoms with Gasteiger partial charge in [-0.1, -0.05) is 91.0 Å². The lowest BCUT2D eigenvalue weighted by Gasteiger charge is -2.52. The van der Waals surface area contributed by atoms with Gasteiger partial charge in [-0.25, -0.2) is 10.3 Å². The largest absolute Gasteiger partial charge is 0.378 e. The van der Waals surface area contributed by atoms with Crippen LogP contribution in [0.5, 0.6) is 0 Å². The normalized spacial score (nSPS) is 23.9. The summed E-state index contributed by atoms with van der Waals surface area (Å²) in [5, 5.41) is 26.8. The summed E-state index contributed by atoms with van der Waals surface area (Å²) in [5.41, 5.74) is 4.28. The fourth-order valence-corrected chi connectivity index (χ4v) is 7.14. The van der Waals surface area contributed by atoms with Crippen LogP contribution in [0.3, 0.4) is 0 Å². The average Bonchev–Trinajstić information content (AvgIpc) is 3.31. The number of aliphatic hydroxyl groups is 1. The standard InChI is InChI=1S/C33H24N4O6/c38-29(19-10-2-1-3-11-19)30(39)35-34-18-33-22-14-6-4-12-20(22)26(21-13-5-7-15-23(21)33)27-28(33)32(41)36(31(27)40)24-16-8-9-17-25(24)37(42)43/h1-18,26-29,38H,(H,35,39)/b34-18-/t26?,27-,28+,29+,33?/m0/s1. The molecule has 3 aliphatic carbocycles. The second-order valence-electron chi connectivity index (χ2n) is 10.8. The van der Waals surface area contributed by atoms with Gasteiger partial charge in [-0.2, -0.15) is 5.10 Å². The molecule has 212 valence electrons. The molecule has 2 N–H and O–H groups in total. The Hall–Kier alpha value is -5.48. The van der Waals surface area contributed by atoms with Gasteiger partial charge in [0.1, 0.15) is 5.69 Å². The molecular formula is C33H24N4O6. The van der Waals surface area contributed by atoms with Crippen LogP contribution in [-0.2, 0) is 19.8 Å². The molecule has 4 aromatic rings. The first-order valence-corrected chi connectivity index (χ1v) is 13.7. The van der Waals surface area contributed by atoms with Crippen molar-refractivity contribution in [3.8, 4) is 0 Å². The van der Waals surface area contributed by atoms with Gasteiger partial charge in [-0.05, 0) is 33.9 Å². The first kappa shape index (κ1) is 26.4. The van der Waals surface area contributed by atoms with E-state index in [2.05, 4.69) is 10.5 Å². The van der Waals surface area contributed by atoms with E-state index in [1.54, 1.807) is 36.4 Å². The van der Waals surface area contributed by atoms with Crippen LogP contribution in [0.15, 0.2) is 108 Å². The third kappa shape index (κ3) is 3.70. The summed E-state index contributed by atoms with van der Waals surface area (Å²) in [4.78, 5) is 53.8. The monoisotopic (exact) mass is 572 g/mol. The quantitative estimate of drug-likeness (QED) is 0.155. The maximum Gasteiger partial charge on any atom is 0.293 e. The molecule has 10 heteroatoms. The number of nitrogens with zero attached hydrogens (tertiary/aromatic N) is 3. The van der Waals surface area contributed by atoms with Gasteiger partial charge in [0.15, 0.2) is 6.10 Å². The molecule has 0 radical (unpaired) electrons. The van der Waals surface area contributed by atoms with E-state index in [4.69, 9.17) is 0 Å². The van der Waals surface area contributed by atoms with E-state index in [0.717, 1.165) is 27.2 Å². The number of nitro benzene ring substituents is 1. The van der Waals surface area contributed by atoms with Crippen LogP contribution in [0.25, 0.3) is 0 Å². The Bertz CT molecular complexity index is 1810. The zero-order valence-electron chi connectivity index (χ0n) is 22.5.